The quantitative estimate of drug-likeness (QED) is 0.240. The fourth-order valence-electron chi connectivity index (χ4n) is 4.31. The van der Waals surface area contributed by atoms with E-state index in [1.54, 1.807) is 13.0 Å². The van der Waals surface area contributed by atoms with Crippen LogP contribution in [0.3, 0.4) is 0 Å². The maximum absolute atomic E-state index is 14.7. The second kappa shape index (κ2) is 8.12. The molecule has 0 spiro atoms. The van der Waals surface area contributed by atoms with Gasteiger partial charge in [0.1, 0.15) is 24.0 Å². The fourth-order valence-corrected chi connectivity index (χ4v) is 4.31. The Kier molecular flexibility index (Phi) is 6.54. The summed E-state index contributed by atoms with van der Waals surface area (Å²) in [5.41, 5.74) is 11.0. The van der Waals surface area contributed by atoms with E-state index < -0.39 is 0 Å². The molecule has 4 N–H and O–H groups in total. The molecule has 2 bridgehead atoms. The van der Waals surface area contributed by atoms with Crippen LogP contribution in [0, 0.1) is 24.1 Å². The summed E-state index contributed by atoms with van der Waals surface area (Å²) in [7, 11) is 0. The minimum absolute atomic E-state index is 0. The molecule has 0 unspecified atom stereocenters. The van der Waals surface area contributed by atoms with E-state index in [1.807, 2.05) is 13.8 Å². The van der Waals surface area contributed by atoms with E-state index in [4.69, 9.17) is 16.3 Å². The van der Waals surface area contributed by atoms with E-state index in [-0.39, 0.29) is 37.6 Å². The molecule has 3 saturated carbocycles. The third kappa shape index (κ3) is 3.43. The summed E-state index contributed by atoms with van der Waals surface area (Å²) in [4.78, 5) is 2.20. The van der Waals surface area contributed by atoms with Gasteiger partial charge in [-0.15, -0.1) is 0 Å². The van der Waals surface area contributed by atoms with E-state index in [9.17, 15) is 4.39 Å². The molecule has 26 heavy (non-hydrogen) atoms. The van der Waals surface area contributed by atoms with Crippen LogP contribution < -0.4 is 21.2 Å². The van der Waals surface area contributed by atoms with Crippen molar-refractivity contribution < 1.29 is 29.6 Å². The number of fused-ring (bicyclic) bond motifs is 1. The zero-order valence-electron chi connectivity index (χ0n) is 15.5. The Balaban J connectivity index is 0.000000784. The Morgan fingerprint density at radius 1 is 1.42 bits per heavy atom. The SMILES string of the molecule is CC.Cc1cc2c(c(/C(N)=N/[N-]N)c1F)N(CC13CC(C1)C3)CCO2.[Pd]. The van der Waals surface area contributed by atoms with Crippen molar-refractivity contribution in [3.05, 3.63) is 28.5 Å². The van der Waals surface area contributed by atoms with Crippen LogP contribution in [-0.2, 0) is 20.4 Å². The Hall–Kier alpha value is -1.36. The number of hydrogen-bond acceptors (Lipinski definition) is 4. The second-order valence-corrected chi connectivity index (χ2v) is 7.08. The standard InChI is InChI=1S/C16H21FN5O.C2H6.Pd/c1-9-4-11-14(12(13(9)17)15(18)20-21-19)22(2-3-23-11)8-16-5-10(6-16)7-16;1-2;/h4,10H,2-3,5-8,19H2,1H3,(H2,18,20);1-2H3;/q-1;;. The largest absolute Gasteiger partial charge is 0.541 e. The van der Waals surface area contributed by atoms with Crippen LogP contribution in [0.2, 0.25) is 0 Å². The molecule has 0 amide bonds. The summed E-state index contributed by atoms with van der Waals surface area (Å²) in [6, 6.07) is 1.73. The van der Waals surface area contributed by atoms with Crippen LogP contribution in [0.4, 0.5) is 10.1 Å². The predicted octanol–water partition coefficient (Wildman–Crippen LogP) is 3.02. The number of amidine groups is 1. The van der Waals surface area contributed by atoms with Gasteiger partial charge in [-0.3, -0.25) is 0 Å². The first-order chi connectivity index (χ1) is 12.0. The van der Waals surface area contributed by atoms with Gasteiger partial charge in [-0.1, -0.05) is 13.8 Å². The maximum Gasteiger partial charge on any atom is 0.143 e. The number of nitrogens with zero attached hydrogens (tertiary/aromatic N) is 3. The van der Waals surface area contributed by atoms with Gasteiger partial charge in [-0.2, -0.15) is 0 Å². The Labute approximate surface area is 168 Å². The third-order valence-electron chi connectivity index (χ3n) is 5.43. The van der Waals surface area contributed by atoms with Crippen LogP contribution in [0.5, 0.6) is 5.75 Å². The first kappa shape index (κ1) is 20.9. The van der Waals surface area contributed by atoms with Gasteiger partial charge >= 0.3 is 0 Å². The molecular formula is C18H27FN5OPd-. The van der Waals surface area contributed by atoms with E-state index in [1.165, 1.54) is 19.3 Å². The summed E-state index contributed by atoms with van der Waals surface area (Å²) in [5.74, 6) is 6.26. The zero-order chi connectivity index (χ0) is 18.2. The average molecular weight is 455 g/mol. The molecule has 1 aliphatic heterocycles. The Morgan fingerprint density at radius 2 is 2.08 bits per heavy atom. The van der Waals surface area contributed by atoms with Crippen LogP contribution in [0.15, 0.2) is 11.2 Å². The smallest absolute Gasteiger partial charge is 0.143 e. The first-order valence-corrected chi connectivity index (χ1v) is 8.97. The molecule has 4 aliphatic rings. The van der Waals surface area contributed by atoms with Gasteiger partial charge in [0.2, 0.25) is 0 Å². The summed E-state index contributed by atoms with van der Waals surface area (Å²) in [6.07, 6.45) is 3.85. The van der Waals surface area contributed by atoms with E-state index in [2.05, 4.69) is 15.5 Å². The van der Waals surface area contributed by atoms with Crippen molar-refractivity contribution in [1.82, 2.24) is 0 Å². The van der Waals surface area contributed by atoms with Gasteiger partial charge in [0, 0.05) is 27.0 Å². The number of nitrogens with two attached hydrogens (primary N) is 2. The van der Waals surface area contributed by atoms with Crippen molar-refractivity contribution >= 4 is 11.5 Å². The monoisotopic (exact) mass is 454 g/mol. The molecule has 6 nitrogen and oxygen atoms in total. The molecule has 3 aliphatic carbocycles. The predicted molar refractivity (Wildman–Crippen MR) is 98.2 cm³/mol. The Morgan fingerprint density at radius 3 is 2.62 bits per heavy atom. The van der Waals surface area contributed by atoms with Crippen molar-refractivity contribution in [1.29, 1.82) is 0 Å². The zero-order valence-corrected chi connectivity index (χ0v) is 17.1. The fraction of sp³-hybridized carbons (Fsp3) is 0.611. The van der Waals surface area contributed by atoms with E-state index in [0.29, 0.717) is 29.0 Å². The van der Waals surface area contributed by atoms with Gasteiger partial charge in [0.25, 0.3) is 0 Å². The van der Waals surface area contributed by atoms with Crippen molar-refractivity contribution in [2.45, 2.75) is 40.0 Å². The molecule has 1 aromatic carbocycles. The van der Waals surface area contributed by atoms with Crippen molar-refractivity contribution in [2.75, 3.05) is 24.6 Å². The number of anilines is 1. The maximum atomic E-state index is 14.7. The number of halogens is 1. The Bertz CT molecular complexity index is 680. The van der Waals surface area contributed by atoms with Gasteiger partial charge in [-0.05, 0) is 49.1 Å². The van der Waals surface area contributed by atoms with Gasteiger partial charge in [0.05, 0.1) is 17.8 Å². The van der Waals surface area contributed by atoms with Crippen LogP contribution in [0.1, 0.15) is 44.2 Å². The van der Waals surface area contributed by atoms with Gasteiger partial charge in [-0.25, -0.2) is 4.39 Å². The summed E-state index contributed by atoms with van der Waals surface area (Å²) in [5, 5.41) is 3.65. The summed E-state index contributed by atoms with van der Waals surface area (Å²) < 4.78 is 20.5. The van der Waals surface area contributed by atoms with E-state index >= 15 is 0 Å². The minimum atomic E-state index is -0.387. The van der Waals surface area contributed by atoms with E-state index in [0.717, 1.165) is 19.0 Å². The number of ether oxygens (including phenoxy) is 1. The van der Waals surface area contributed by atoms with Crippen LogP contribution in [0.25, 0.3) is 5.53 Å². The van der Waals surface area contributed by atoms with Crippen molar-refractivity contribution in [2.24, 2.45) is 28.0 Å². The molecule has 148 valence electrons. The molecule has 0 atom stereocenters. The van der Waals surface area contributed by atoms with Gasteiger partial charge in [0.15, 0.2) is 0 Å². The molecule has 1 heterocycles. The third-order valence-corrected chi connectivity index (χ3v) is 5.43. The molecule has 5 rings (SSSR count). The minimum Gasteiger partial charge on any atom is -0.541 e. The molecule has 3 fully saturated rings. The van der Waals surface area contributed by atoms with Crippen LogP contribution >= 0.6 is 0 Å². The second-order valence-electron chi connectivity index (χ2n) is 7.08. The molecule has 8 heteroatoms. The molecular weight excluding hydrogens is 428 g/mol. The van der Waals surface area contributed by atoms with Crippen molar-refractivity contribution in [3.63, 3.8) is 0 Å². The normalized spacial score (nSPS) is 25.3. The van der Waals surface area contributed by atoms with Crippen LogP contribution in [-0.4, -0.2) is 25.5 Å². The summed E-state index contributed by atoms with van der Waals surface area (Å²) in [6.45, 7) is 7.93. The topological polar surface area (TPSA) is 91.0 Å². The molecule has 1 aromatic rings. The number of hydrogen-bond donors (Lipinski definition) is 2. The summed E-state index contributed by atoms with van der Waals surface area (Å²) >= 11 is 0. The number of aryl methyl sites for hydroxylation is 1. The molecule has 0 radical (unpaired) electrons. The molecule has 0 saturated heterocycles. The number of rotatable bonds is 4. The van der Waals surface area contributed by atoms with Gasteiger partial charge < -0.3 is 31.8 Å². The first-order valence-electron chi connectivity index (χ1n) is 8.97. The average Bonchev–Trinajstić information content (AvgIpc) is 2.53. The van der Waals surface area contributed by atoms with Crippen molar-refractivity contribution in [3.8, 4) is 5.75 Å². The number of benzene rings is 1. The molecule has 0 aromatic heterocycles.